The number of nitrogens with zero attached hydrogens (tertiary/aromatic N) is 2. The molecule has 7 heteroatoms. The molecule has 4 rings (SSSR count). The number of carbonyl (C=O) groups is 1. The van der Waals surface area contributed by atoms with Gasteiger partial charge in [0, 0.05) is 16.6 Å². The molecule has 0 atom stereocenters. The van der Waals surface area contributed by atoms with Crippen LogP contribution < -0.4 is 5.56 Å². The second-order valence-corrected chi connectivity index (χ2v) is 7.69. The highest BCUT2D eigenvalue weighted by molar-refractivity contribution is 9.10. The number of halogens is 1. The summed E-state index contributed by atoms with van der Waals surface area (Å²) in [7, 11) is 0. The quantitative estimate of drug-likeness (QED) is 0.347. The number of ether oxygens (including phenoxy) is 1. The second-order valence-electron chi connectivity index (χ2n) is 5.77. The lowest BCUT2D eigenvalue weighted by Crippen LogP contribution is -2.14. The van der Waals surface area contributed by atoms with Crippen molar-refractivity contribution in [2.45, 2.75) is 6.61 Å². The number of para-hydroxylation sites is 1. The van der Waals surface area contributed by atoms with Crippen molar-refractivity contribution in [1.29, 1.82) is 0 Å². The number of fused-ring (bicyclic) bond motifs is 3. The Kier molecular flexibility index (Phi) is 4.87. The summed E-state index contributed by atoms with van der Waals surface area (Å²) in [5, 5.41) is 0. The van der Waals surface area contributed by atoms with Crippen LogP contribution in [-0.2, 0) is 16.1 Å². The lowest BCUT2D eigenvalue weighted by molar-refractivity contribution is -0.139. The molecule has 0 aliphatic heterocycles. The van der Waals surface area contributed by atoms with E-state index in [9.17, 15) is 9.59 Å². The Morgan fingerprint density at radius 1 is 1.19 bits per heavy atom. The van der Waals surface area contributed by atoms with Gasteiger partial charge in [-0.1, -0.05) is 51.5 Å². The molecule has 0 fully saturated rings. The van der Waals surface area contributed by atoms with Crippen molar-refractivity contribution in [3.63, 3.8) is 0 Å². The van der Waals surface area contributed by atoms with E-state index in [4.69, 9.17) is 4.74 Å². The zero-order chi connectivity index (χ0) is 18.8. The standard InChI is InChI=1S/C20H13BrN2O3S/c21-14-5-3-4-13(10-14)8-9-19(25)26-12-15-11-18(24)23-16-6-1-2-7-17(16)27-20(23)22-15/h1-11H,12H2. The minimum Gasteiger partial charge on any atom is -0.456 e. The number of aromatic nitrogens is 2. The maximum Gasteiger partial charge on any atom is 0.331 e. The third kappa shape index (κ3) is 3.84. The van der Waals surface area contributed by atoms with Crippen LogP contribution in [0.4, 0.5) is 0 Å². The Morgan fingerprint density at radius 2 is 2.04 bits per heavy atom. The first-order chi connectivity index (χ1) is 13.1. The van der Waals surface area contributed by atoms with Crippen molar-refractivity contribution in [1.82, 2.24) is 9.38 Å². The summed E-state index contributed by atoms with van der Waals surface area (Å²) in [6.07, 6.45) is 3.02. The molecule has 4 aromatic rings. The minimum absolute atomic E-state index is 0.0539. The van der Waals surface area contributed by atoms with E-state index in [0.717, 1.165) is 20.3 Å². The fourth-order valence-corrected chi connectivity index (χ4v) is 4.13. The summed E-state index contributed by atoms with van der Waals surface area (Å²) < 4.78 is 8.69. The van der Waals surface area contributed by atoms with E-state index in [2.05, 4.69) is 20.9 Å². The molecule has 2 heterocycles. The molecule has 0 radical (unpaired) electrons. The van der Waals surface area contributed by atoms with Gasteiger partial charge in [-0.3, -0.25) is 9.20 Å². The van der Waals surface area contributed by atoms with Crippen molar-refractivity contribution in [2.75, 3.05) is 0 Å². The van der Waals surface area contributed by atoms with Gasteiger partial charge in [0.2, 0.25) is 0 Å². The van der Waals surface area contributed by atoms with Crippen LogP contribution >= 0.6 is 27.3 Å². The van der Waals surface area contributed by atoms with Crippen LogP contribution in [0, 0.1) is 0 Å². The number of hydrogen-bond donors (Lipinski definition) is 0. The fourth-order valence-electron chi connectivity index (χ4n) is 2.66. The molecule has 0 bridgehead atoms. The molecule has 0 N–H and O–H groups in total. The van der Waals surface area contributed by atoms with Gasteiger partial charge in [-0.05, 0) is 35.9 Å². The summed E-state index contributed by atoms with van der Waals surface area (Å²) in [5.41, 5.74) is 1.95. The van der Waals surface area contributed by atoms with Gasteiger partial charge in [0.25, 0.3) is 5.56 Å². The monoisotopic (exact) mass is 440 g/mol. The Morgan fingerprint density at radius 3 is 2.89 bits per heavy atom. The van der Waals surface area contributed by atoms with Gasteiger partial charge in [-0.25, -0.2) is 9.78 Å². The first kappa shape index (κ1) is 17.6. The molecule has 27 heavy (non-hydrogen) atoms. The van der Waals surface area contributed by atoms with E-state index in [1.807, 2.05) is 48.5 Å². The maximum atomic E-state index is 12.4. The number of esters is 1. The van der Waals surface area contributed by atoms with Crippen LogP contribution in [0.2, 0.25) is 0 Å². The van der Waals surface area contributed by atoms with Crippen molar-refractivity contribution in [3.05, 3.63) is 86.8 Å². The maximum absolute atomic E-state index is 12.4. The predicted octanol–water partition coefficient (Wildman–Crippen LogP) is 4.43. The number of hydrogen-bond acceptors (Lipinski definition) is 5. The van der Waals surface area contributed by atoms with Gasteiger partial charge in [-0.15, -0.1) is 0 Å². The molecule has 2 aromatic carbocycles. The Hall–Kier alpha value is -2.77. The number of carbonyl (C=O) groups excluding carboxylic acids is 1. The Balaban J connectivity index is 1.51. The van der Waals surface area contributed by atoms with Crippen molar-refractivity contribution >= 4 is 54.5 Å². The molecule has 0 unspecified atom stereocenters. The molecule has 0 aliphatic carbocycles. The van der Waals surface area contributed by atoms with Crippen LogP contribution in [0.3, 0.4) is 0 Å². The van der Waals surface area contributed by atoms with Gasteiger partial charge in [0.05, 0.1) is 15.9 Å². The average molecular weight is 441 g/mol. The van der Waals surface area contributed by atoms with Gasteiger partial charge in [0.15, 0.2) is 4.96 Å². The number of thiazole rings is 1. The predicted molar refractivity (Wildman–Crippen MR) is 110 cm³/mol. The molecule has 2 aromatic heterocycles. The molecule has 0 aliphatic rings. The summed E-state index contributed by atoms with van der Waals surface area (Å²) in [4.78, 5) is 29.4. The molecule has 0 amide bonds. The minimum atomic E-state index is -0.492. The molecule has 0 saturated carbocycles. The number of benzene rings is 2. The summed E-state index contributed by atoms with van der Waals surface area (Å²) in [6.45, 7) is -0.0539. The van der Waals surface area contributed by atoms with Crippen molar-refractivity contribution in [3.8, 4) is 0 Å². The topological polar surface area (TPSA) is 60.7 Å². The van der Waals surface area contributed by atoms with Crippen LogP contribution in [0.25, 0.3) is 21.3 Å². The normalized spacial score (nSPS) is 11.4. The second kappa shape index (κ2) is 7.46. The third-order valence-electron chi connectivity index (χ3n) is 3.87. The highest BCUT2D eigenvalue weighted by Gasteiger charge is 2.10. The van der Waals surface area contributed by atoms with E-state index in [0.29, 0.717) is 10.7 Å². The SMILES string of the molecule is O=C(C=Cc1cccc(Br)c1)OCc1cc(=O)n2c(n1)sc1ccccc12. The molecular formula is C20H13BrN2O3S. The zero-order valence-corrected chi connectivity index (χ0v) is 16.4. The van der Waals surface area contributed by atoms with Crippen LogP contribution in [-0.4, -0.2) is 15.4 Å². The third-order valence-corrected chi connectivity index (χ3v) is 5.39. The summed E-state index contributed by atoms with van der Waals surface area (Å²) in [6, 6.07) is 16.6. The lowest BCUT2D eigenvalue weighted by Gasteiger charge is -2.02. The first-order valence-electron chi connectivity index (χ1n) is 8.11. The number of rotatable bonds is 4. The molecule has 0 saturated heterocycles. The molecule has 134 valence electrons. The average Bonchev–Trinajstić information content (AvgIpc) is 3.03. The van der Waals surface area contributed by atoms with Crippen molar-refractivity contribution < 1.29 is 9.53 Å². The summed E-state index contributed by atoms with van der Waals surface area (Å²) >= 11 is 4.81. The van der Waals surface area contributed by atoms with E-state index in [1.165, 1.54) is 23.5 Å². The van der Waals surface area contributed by atoms with Gasteiger partial charge < -0.3 is 4.74 Å². The Labute approximate surface area is 166 Å². The zero-order valence-electron chi connectivity index (χ0n) is 14.0. The van der Waals surface area contributed by atoms with Crippen LogP contribution in [0.5, 0.6) is 0 Å². The largest absolute Gasteiger partial charge is 0.456 e. The highest BCUT2D eigenvalue weighted by atomic mass is 79.9. The summed E-state index contributed by atoms with van der Waals surface area (Å²) in [5.74, 6) is -0.492. The highest BCUT2D eigenvalue weighted by Crippen LogP contribution is 2.23. The molecule has 0 spiro atoms. The van der Waals surface area contributed by atoms with Gasteiger partial charge in [0.1, 0.15) is 6.61 Å². The molecular weight excluding hydrogens is 428 g/mol. The Bertz CT molecular complexity index is 1240. The van der Waals surface area contributed by atoms with Gasteiger partial charge >= 0.3 is 5.97 Å². The van der Waals surface area contributed by atoms with E-state index < -0.39 is 5.97 Å². The van der Waals surface area contributed by atoms with Gasteiger partial charge in [-0.2, -0.15) is 0 Å². The van der Waals surface area contributed by atoms with Crippen molar-refractivity contribution in [2.24, 2.45) is 0 Å². The lowest BCUT2D eigenvalue weighted by atomic mass is 10.2. The molecule has 5 nitrogen and oxygen atoms in total. The fraction of sp³-hybridized carbons (Fsp3) is 0.0500. The van der Waals surface area contributed by atoms with E-state index >= 15 is 0 Å². The smallest absolute Gasteiger partial charge is 0.331 e. The van der Waals surface area contributed by atoms with Crippen LogP contribution in [0.1, 0.15) is 11.3 Å². The first-order valence-corrected chi connectivity index (χ1v) is 9.72. The van der Waals surface area contributed by atoms with E-state index in [1.54, 1.807) is 10.5 Å². The van der Waals surface area contributed by atoms with Crippen LogP contribution in [0.15, 0.2) is 69.9 Å². The van der Waals surface area contributed by atoms with E-state index in [-0.39, 0.29) is 12.2 Å².